The predicted molar refractivity (Wildman–Crippen MR) is 204 cm³/mol. The monoisotopic (exact) mass is 626 g/mol. The lowest BCUT2D eigenvalue weighted by Gasteiger charge is -2.23. The topological polar surface area (TPSA) is 25.8 Å². The van der Waals surface area contributed by atoms with Crippen LogP contribution >= 0.6 is 0 Å². The molecule has 0 fully saturated rings. The normalized spacial score (nSPS) is 12.9. The van der Waals surface area contributed by atoms with E-state index in [4.69, 9.17) is 9.97 Å². The average Bonchev–Trinajstić information content (AvgIpc) is 3.42. The molecule has 0 saturated heterocycles. The number of aromatic nitrogens is 2. The fraction of sp³-hybridized carbons (Fsp3) is 0.0638. The molecule has 9 rings (SSSR count). The second-order valence-electron chi connectivity index (χ2n) is 13.4. The number of hydrogen-bond acceptors (Lipinski definition) is 2. The van der Waals surface area contributed by atoms with Crippen molar-refractivity contribution in [2.45, 2.75) is 19.3 Å². The van der Waals surface area contributed by atoms with Gasteiger partial charge in [0, 0.05) is 22.1 Å². The molecule has 0 atom stereocenters. The van der Waals surface area contributed by atoms with Gasteiger partial charge in [-0.1, -0.05) is 172 Å². The Bertz CT molecular complexity index is 2490. The Morgan fingerprint density at radius 2 is 1.00 bits per heavy atom. The smallest absolute Gasteiger partial charge is 0.160 e. The van der Waals surface area contributed by atoms with E-state index in [9.17, 15) is 0 Å². The first-order valence-corrected chi connectivity index (χ1v) is 16.9. The van der Waals surface area contributed by atoms with Gasteiger partial charge in [-0.25, -0.2) is 9.97 Å². The minimum Gasteiger partial charge on any atom is -0.228 e. The molecule has 232 valence electrons. The van der Waals surface area contributed by atoms with E-state index in [1.807, 2.05) is 12.1 Å². The summed E-state index contributed by atoms with van der Waals surface area (Å²) in [7, 11) is 0. The number of nitrogens with zero attached hydrogens (tertiary/aromatic N) is 2. The molecular weight excluding hydrogens is 593 g/mol. The number of benzene rings is 7. The molecule has 2 nitrogen and oxygen atoms in total. The first-order chi connectivity index (χ1) is 24.0. The molecule has 49 heavy (non-hydrogen) atoms. The minimum absolute atomic E-state index is 0.110. The molecule has 0 unspecified atom stereocenters. The summed E-state index contributed by atoms with van der Waals surface area (Å²) in [4.78, 5) is 10.3. The summed E-state index contributed by atoms with van der Waals surface area (Å²) in [5, 5.41) is 2.62. The molecule has 8 aromatic rings. The zero-order valence-electron chi connectivity index (χ0n) is 27.6. The molecular formula is C47H34N2. The van der Waals surface area contributed by atoms with E-state index >= 15 is 0 Å². The van der Waals surface area contributed by atoms with Crippen LogP contribution in [0, 0.1) is 0 Å². The van der Waals surface area contributed by atoms with Crippen molar-refractivity contribution in [3.05, 3.63) is 181 Å². The summed E-state index contributed by atoms with van der Waals surface area (Å²) in [5.41, 5.74) is 15.0. The predicted octanol–water partition coefficient (Wildman–Crippen LogP) is 12.3. The van der Waals surface area contributed by atoms with Crippen molar-refractivity contribution in [2.75, 3.05) is 0 Å². The summed E-state index contributed by atoms with van der Waals surface area (Å²) < 4.78 is 0. The zero-order valence-corrected chi connectivity index (χ0v) is 27.6. The van der Waals surface area contributed by atoms with Crippen LogP contribution in [0.5, 0.6) is 0 Å². The molecule has 2 heteroatoms. The highest BCUT2D eigenvalue weighted by Crippen LogP contribution is 2.54. The van der Waals surface area contributed by atoms with E-state index in [-0.39, 0.29) is 5.41 Å². The molecule has 0 N–H and O–H groups in total. The number of hydrogen-bond donors (Lipinski definition) is 0. The van der Waals surface area contributed by atoms with E-state index in [2.05, 4.69) is 172 Å². The third-order valence-corrected chi connectivity index (χ3v) is 10.1. The van der Waals surface area contributed by atoms with Crippen LogP contribution in [-0.4, -0.2) is 9.97 Å². The van der Waals surface area contributed by atoms with Gasteiger partial charge in [-0.05, 0) is 67.4 Å². The van der Waals surface area contributed by atoms with Gasteiger partial charge in [0.05, 0.1) is 11.4 Å². The lowest BCUT2D eigenvalue weighted by molar-refractivity contribution is 0.666. The van der Waals surface area contributed by atoms with Crippen molar-refractivity contribution in [3.8, 4) is 67.3 Å². The first kappa shape index (κ1) is 29.1. The van der Waals surface area contributed by atoms with Crippen LogP contribution in [0.15, 0.2) is 170 Å². The SMILES string of the molecule is CC1(C)c2cccc(-c3cccc(-c4cc(-c5ccccc5)nc(-c5ccc(-c6ccccc6)cc5)n4)c3)c2-c2ccc3ccccc3c21. The quantitative estimate of drug-likeness (QED) is 0.190. The van der Waals surface area contributed by atoms with Gasteiger partial charge in [0.2, 0.25) is 0 Å². The fourth-order valence-corrected chi connectivity index (χ4v) is 7.66. The Morgan fingerprint density at radius 1 is 0.408 bits per heavy atom. The summed E-state index contributed by atoms with van der Waals surface area (Å²) in [5.74, 6) is 0.713. The maximum Gasteiger partial charge on any atom is 0.160 e. The summed E-state index contributed by atoms with van der Waals surface area (Å²) >= 11 is 0. The lowest BCUT2D eigenvalue weighted by Crippen LogP contribution is -2.15. The molecule has 0 spiro atoms. The van der Waals surface area contributed by atoms with Gasteiger partial charge in [-0.3, -0.25) is 0 Å². The van der Waals surface area contributed by atoms with E-state index in [1.165, 1.54) is 55.3 Å². The molecule has 7 aromatic carbocycles. The zero-order chi connectivity index (χ0) is 33.0. The average molecular weight is 627 g/mol. The molecule has 0 amide bonds. The van der Waals surface area contributed by atoms with Crippen LogP contribution in [0.2, 0.25) is 0 Å². The molecule has 1 aliphatic carbocycles. The Hall–Kier alpha value is -6.12. The van der Waals surface area contributed by atoms with E-state index < -0.39 is 0 Å². The van der Waals surface area contributed by atoms with E-state index in [0.29, 0.717) is 5.82 Å². The van der Waals surface area contributed by atoms with Gasteiger partial charge in [-0.2, -0.15) is 0 Å². The maximum absolute atomic E-state index is 5.19. The van der Waals surface area contributed by atoms with Crippen molar-refractivity contribution in [3.63, 3.8) is 0 Å². The first-order valence-electron chi connectivity index (χ1n) is 16.9. The highest BCUT2D eigenvalue weighted by Gasteiger charge is 2.38. The van der Waals surface area contributed by atoms with E-state index in [1.54, 1.807) is 0 Å². The fourth-order valence-electron chi connectivity index (χ4n) is 7.66. The molecule has 1 aliphatic rings. The second-order valence-corrected chi connectivity index (χ2v) is 13.4. The number of rotatable bonds is 5. The van der Waals surface area contributed by atoms with Gasteiger partial charge in [0.25, 0.3) is 0 Å². The summed E-state index contributed by atoms with van der Waals surface area (Å²) in [6, 6.07) is 60.5. The lowest BCUT2D eigenvalue weighted by atomic mass is 9.80. The van der Waals surface area contributed by atoms with Gasteiger partial charge in [-0.15, -0.1) is 0 Å². The van der Waals surface area contributed by atoms with E-state index in [0.717, 1.165) is 28.1 Å². The highest BCUT2D eigenvalue weighted by atomic mass is 14.9. The van der Waals surface area contributed by atoms with Crippen LogP contribution in [0.3, 0.4) is 0 Å². The molecule has 1 aromatic heterocycles. The van der Waals surface area contributed by atoms with Gasteiger partial charge in [0.15, 0.2) is 5.82 Å². The van der Waals surface area contributed by atoms with Crippen LogP contribution < -0.4 is 0 Å². The third kappa shape index (κ3) is 4.96. The van der Waals surface area contributed by atoms with Crippen molar-refractivity contribution in [1.29, 1.82) is 0 Å². The van der Waals surface area contributed by atoms with Gasteiger partial charge in [0.1, 0.15) is 0 Å². The Kier molecular flexibility index (Phi) is 6.84. The summed E-state index contributed by atoms with van der Waals surface area (Å²) in [6.45, 7) is 4.73. The molecule has 0 aliphatic heterocycles. The second kappa shape index (κ2) is 11.5. The molecule has 0 bridgehead atoms. The largest absolute Gasteiger partial charge is 0.228 e. The van der Waals surface area contributed by atoms with Gasteiger partial charge < -0.3 is 0 Å². The molecule has 0 saturated carbocycles. The van der Waals surface area contributed by atoms with Crippen LogP contribution in [0.4, 0.5) is 0 Å². The standard InChI is InChI=1S/C47H34N2/c1-47(2)41-22-12-21-38(44(41)40-28-27-33-15-9-10-20-39(33)45(40)47)36-18-11-19-37(29-36)43-30-42(34-16-7-4-8-17-34)48-46(49-43)35-25-23-32(24-26-35)31-13-5-3-6-14-31/h3-30H,1-2H3. The van der Waals surface area contributed by atoms with Crippen LogP contribution in [0.25, 0.3) is 78.1 Å². The molecule has 0 radical (unpaired) electrons. The summed E-state index contributed by atoms with van der Waals surface area (Å²) in [6.07, 6.45) is 0. The highest BCUT2D eigenvalue weighted by molar-refractivity contribution is 6.01. The Labute approximate surface area is 287 Å². The van der Waals surface area contributed by atoms with Crippen LogP contribution in [0.1, 0.15) is 25.0 Å². The number of fused-ring (bicyclic) bond motifs is 5. The van der Waals surface area contributed by atoms with Crippen molar-refractivity contribution in [2.24, 2.45) is 0 Å². The Morgan fingerprint density at radius 3 is 1.78 bits per heavy atom. The minimum atomic E-state index is -0.110. The van der Waals surface area contributed by atoms with Gasteiger partial charge >= 0.3 is 0 Å². The van der Waals surface area contributed by atoms with Crippen molar-refractivity contribution < 1.29 is 0 Å². The Balaban J connectivity index is 1.18. The van der Waals surface area contributed by atoms with Crippen molar-refractivity contribution >= 4 is 10.8 Å². The maximum atomic E-state index is 5.19. The third-order valence-electron chi connectivity index (χ3n) is 10.1. The van der Waals surface area contributed by atoms with Crippen LogP contribution in [-0.2, 0) is 5.41 Å². The van der Waals surface area contributed by atoms with Crippen molar-refractivity contribution in [1.82, 2.24) is 9.97 Å². The molecule has 1 heterocycles.